The minimum atomic E-state index is -0.215. The molecule has 1 aliphatic heterocycles. The third-order valence-corrected chi connectivity index (χ3v) is 3.98. The maximum atomic E-state index is 13.0. The smallest absolute Gasteiger partial charge is 0.191 e. The molecule has 3 rings (SSSR count). The molecule has 1 fully saturated rings. The fraction of sp³-hybridized carbons (Fsp3) is 0.400. The Hall–Kier alpha value is -1.91. The summed E-state index contributed by atoms with van der Waals surface area (Å²) in [6.07, 6.45) is 1.64. The largest absolute Gasteiger partial charge is 0.370 e. The second-order valence-corrected chi connectivity index (χ2v) is 5.48. The molecule has 0 unspecified atom stereocenters. The molecule has 0 aliphatic carbocycles. The van der Waals surface area contributed by atoms with Crippen molar-refractivity contribution in [3.8, 4) is 0 Å². The number of nitrogens with two attached hydrogens (primary N) is 1. The van der Waals surface area contributed by atoms with Gasteiger partial charge in [-0.25, -0.2) is 9.38 Å². The molecule has 9 heteroatoms. The lowest BCUT2D eigenvalue weighted by Crippen LogP contribution is -2.51. The van der Waals surface area contributed by atoms with Gasteiger partial charge in [0.05, 0.1) is 0 Å². The molecule has 0 bridgehead atoms. The molecule has 1 saturated heterocycles. The first-order valence-electron chi connectivity index (χ1n) is 7.52. The number of benzene rings is 1. The number of rotatable bonds is 3. The van der Waals surface area contributed by atoms with Crippen LogP contribution in [0.25, 0.3) is 0 Å². The van der Waals surface area contributed by atoms with E-state index in [1.54, 1.807) is 18.5 Å². The molecule has 2 aromatic rings. The van der Waals surface area contributed by atoms with Gasteiger partial charge in [0, 0.05) is 38.9 Å². The zero-order chi connectivity index (χ0) is 16.2. The van der Waals surface area contributed by atoms with Gasteiger partial charge in [0.15, 0.2) is 11.8 Å². The Morgan fingerprint density at radius 2 is 1.88 bits per heavy atom. The quantitative estimate of drug-likeness (QED) is 0.437. The first-order chi connectivity index (χ1) is 11.1. The van der Waals surface area contributed by atoms with E-state index in [-0.39, 0.29) is 29.8 Å². The van der Waals surface area contributed by atoms with Crippen LogP contribution in [0.2, 0.25) is 0 Å². The molecule has 0 saturated carbocycles. The Kier molecular flexibility index (Phi) is 6.35. The first kappa shape index (κ1) is 18.4. The number of hydrogen-bond acceptors (Lipinski definition) is 4. The van der Waals surface area contributed by atoms with E-state index < -0.39 is 0 Å². The second-order valence-electron chi connectivity index (χ2n) is 5.48. The van der Waals surface area contributed by atoms with Crippen LogP contribution in [0.4, 0.5) is 10.1 Å². The SMILES string of the molecule is Cn1cnnc1CN=C(N)N1CCN(c2ccc(F)cc2)CC1.I. The van der Waals surface area contributed by atoms with Gasteiger partial charge in [-0.3, -0.25) is 0 Å². The molecule has 1 aromatic carbocycles. The molecule has 0 radical (unpaired) electrons. The van der Waals surface area contributed by atoms with E-state index in [1.807, 2.05) is 11.6 Å². The standard InChI is InChI=1S/C15H20FN7.HI/c1-21-11-19-20-14(21)10-18-15(17)23-8-6-22(7-9-23)13-4-2-12(16)3-5-13;/h2-5,11H,6-10H2,1H3,(H2,17,18);1H. The third kappa shape index (κ3) is 4.34. The summed E-state index contributed by atoms with van der Waals surface area (Å²) >= 11 is 0. The van der Waals surface area contributed by atoms with Crippen molar-refractivity contribution in [2.45, 2.75) is 6.54 Å². The number of hydrogen-bond donors (Lipinski definition) is 1. The topological polar surface area (TPSA) is 75.6 Å². The predicted octanol–water partition coefficient (Wildman–Crippen LogP) is 1.21. The van der Waals surface area contributed by atoms with Crippen LogP contribution in [0.3, 0.4) is 0 Å². The Morgan fingerprint density at radius 1 is 1.21 bits per heavy atom. The summed E-state index contributed by atoms with van der Waals surface area (Å²) in [6, 6.07) is 6.57. The molecule has 1 aromatic heterocycles. The minimum absolute atomic E-state index is 0. The lowest BCUT2D eigenvalue weighted by Gasteiger charge is -2.36. The van der Waals surface area contributed by atoms with Gasteiger partial charge in [-0.05, 0) is 24.3 Å². The molecule has 0 spiro atoms. The number of guanidine groups is 1. The second kappa shape index (κ2) is 8.27. The van der Waals surface area contributed by atoms with Gasteiger partial charge < -0.3 is 20.1 Å². The lowest BCUT2D eigenvalue weighted by molar-refractivity contribution is 0.380. The van der Waals surface area contributed by atoms with Crippen molar-refractivity contribution in [2.75, 3.05) is 31.1 Å². The number of nitrogens with zero attached hydrogens (tertiary/aromatic N) is 6. The fourth-order valence-electron chi connectivity index (χ4n) is 2.55. The maximum absolute atomic E-state index is 13.0. The number of aromatic nitrogens is 3. The summed E-state index contributed by atoms with van der Waals surface area (Å²) in [5.74, 6) is 1.08. The number of anilines is 1. The molecule has 2 heterocycles. The van der Waals surface area contributed by atoms with Gasteiger partial charge in [-0.1, -0.05) is 0 Å². The van der Waals surface area contributed by atoms with Crippen molar-refractivity contribution < 1.29 is 4.39 Å². The Morgan fingerprint density at radius 3 is 2.46 bits per heavy atom. The molecule has 130 valence electrons. The van der Waals surface area contributed by atoms with Gasteiger partial charge >= 0.3 is 0 Å². The highest BCUT2D eigenvalue weighted by Gasteiger charge is 2.18. The number of aryl methyl sites for hydroxylation is 1. The van der Waals surface area contributed by atoms with Crippen molar-refractivity contribution in [2.24, 2.45) is 17.8 Å². The normalized spacial score (nSPS) is 15.3. The number of halogens is 2. The molecular formula is C15H21FIN7. The molecule has 24 heavy (non-hydrogen) atoms. The average molecular weight is 445 g/mol. The summed E-state index contributed by atoms with van der Waals surface area (Å²) < 4.78 is 14.8. The van der Waals surface area contributed by atoms with Crippen LogP contribution in [-0.4, -0.2) is 51.8 Å². The van der Waals surface area contributed by atoms with Crippen molar-refractivity contribution in [3.05, 3.63) is 42.2 Å². The zero-order valence-corrected chi connectivity index (χ0v) is 15.8. The van der Waals surface area contributed by atoms with Crippen LogP contribution in [0.5, 0.6) is 0 Å². The van der Waals surface area contributed by atoms with E-state index in [9.17, 15) is 4.39 Å². The van der Waals surface area contributed by atoms with Crippen LogP contribution in [0.1, 0.15) is 5.82 Å². The maximum Gasteiger partial charge on any atom is 0.191 e. The summed E-state index contributed by atoms with van der Waals surface area (Å²) in [6.45, 7) is 3.63. The molecule has 0 amide bonds. The van der Waals surface area contributed by atoms with Crippen molar-refractivity contribution in [1.82, 2.24) is 19.7 Å². The first-order valence-corrected chi connectivity index (χ1v) is 7.52. The van der Waals surface area contributed by atoms with E-state index in [0.717, 1.165) is 37.7 Å². The van der Waals surface area contributed by atoms with Gasteiger partial charge in [0.25, 0.3) is 0 Å². The van der Waals surface area contributed by atoms with Crippen LogP contribution >= 0.6 is 24.0 Å². The van der Waals surface area contributed by atoms with Crippen LogP contribution in [0.15, 0.2) is 35.6 Å². The molecule has 7 nitrogen and oxygen atoms in total. The monoisotopic (exact) mass is 445 g/mol. The van der Waals surface area contributed by atoms with E-state index in [1.165, 1.54) is 12.1 Å². The minimum Gasteiger partial charge on any atom is -0.370 e. The van der Waals surface area contributed by atoms with Crippen LogP contribution in [0, 0.1) is 5.82 Å². The Labute approximate surface area is 157 Å². The van der Waals surface area contributed by atoms with Gasteiger partial charge in [0.1, 0.15) is 18.7 Å². The summed E-state index contributed by atoms with van der Waals surface area (Å²) in [5, 5.41) is 7.80. The third-order valence-electron chi connectivity index (χ3n) is 3.98. The van der Waals surface area contributed by atoms with E-state index in [2.05, 4.69) is 25.0 Å². The molecule has 2 N–H and O–H groups in total. The fourth-order valence-corrected chi connectivity index (χ4v) is 2.55. The van der Waals surface area contributed by atoms with Gasteiger partial charge in [-0.15, -0.1) is 34.2 Å². The summed E-state index contributed by atoms with van der Waals surface area (Å²) in [4.78, 5) is 8.66. The lowest BCUT2D eigenvalue weighted by atomic mass is 10.2. The highest BCUT2D eigenvalue weighted by Crippen LogP contribution is 2.16. The van der Waals surface area contributed by atoms with E-state index in [0.29, 0.717) is 12.5 Å². The molecule has 1 aliphatic rings. The summed E-state index contributed by atoms with van der Waals surface area (Å²) in [7, 11) is 1.88. The highest BCUT2D eigenvalue weighted by molar-refractivity contribution is 14.0. The summed E-state index contributed by atoms with van der Waals surface area (Å²) in [5.41, 5.74) is 7.10. The Bertz CT molecular complexity index is 677. The van der Waals surface area contributed by atoms with Crippen molar-refractivity contribution in [1.29, 1.82) is 0 Å². The zero-order valence-electron chi connectivity index (χ0n) is 13.5. The van der Waals surface area contributed by atoms with Crippen molar-refractivity contribution >= 4 is 35.6 Å². The highest BCUT2D eigenvalue weighted by atomic mass is 127. The number of aliphatic imine (C=N–C) groups is 1. The molecule has 0 atom stereocenters. The van der Waals surface area contributed by atoms with Gasteiger partial charge in [0.2, 0.25) is 0 Å². The number of piperazine rings is 1. The van der Waals surface area contributed by atoms with Crippen LogP contribution < -0.4 is 10.6 Å². The van der Waals surface area contributed by atoms with Crippen LogP contribution in [-0.2, 0) is 13.6 Å². The Balaban J connectivity index is 0.00000208. The van der Waals surface area contributed by atoms with E-state index in [4.69, 9.17) is 5.73 Å². The average Bonchev–Trinajstić information content (AvgIpc) is 2.99. The van der Waals surface area contributed by atoms with Gasteiger partial charge in [-0.2, -0.15) is 0 Å². The van der Waals surface area contributed by atoms with Crippen molar-refractivity contribution in [3.63, 3.8) is 0 Å². The molecular weight excluding hydrogens is 424 g/mol. The van der Waals surface area contributed by atoms with E-state index >= 15 is 0 Å². The predicted molar refractivity (Wildman–Crippen MR) is 102 cm³/mol.